The van der Waals surface area contributed by atoms with Gasteiger partial charge in [0, 0.05) is 25.7 Å². The molecule has 1 fully saturated rings. The van der Waals surface area contributed by atoms with Crippen LogP contribution in [0.4, 0.5) is 0 Å². The minimum atomic E-state index is -0.962. The number of carbonyl (C=O) groups excluding carboxylic acids is 1. The van der Waals surface area contributed by atoms with E-state index in [1.807, 2.05) is 13.8 Å². The van der Waals surface area contributed by atoms with Gasteiger partial charge in [0.25, 0.3) is 0 Å². The maximum atomic E-state index is 11.9. The number of rotatable bonds is 6. The molecule has 0 saturated carbocycles. The van der Waals surface area contributed by atoms with Gasteiger partial charge in [-0.3, -0.25) is 9.59 Å². The van der Waals surface area contributed by atoms with Gasteiger partial charge in [-0.1, -0.05) is 0 Å². The molecular weight excluding hydrogens is 222 g/mol. The summed E-state index contributed by atoms with van der Waals surface area (Å²) in [6, 6.07) is -0.0709. The second kappa shape index (κ2) is 6.59. The minimum absolute atomic E-state index is 0.0709. The van der Waals surface area contributed by atoms with E-state index in [0.29, 0.717) is 12.3 Å². The van der Waals surface area contributed by atoms with Crippen LogP contribution in [0.3, 0.4) is 0 Å². The van der Waals surface area contributed by atoms with Gasteiger partial charge in [0.15, 0.2) is 0 Å². The first-order valence-corrected chi connectivity index (χ1v) is 6.09. The lowest BCUT2D eigenvalue weighted by molar-refractivity contribution is -0.145. The second-order valence-electron chi connectivity index (χ2n) is 4.78. The van der Waals surface area contributed by atoms with Crippen molar-refractivity contribution in [2.75, 3.05) is 19.8 Å². The molecule has 0 aromatic rings. The zero-order valence-electron chi connectivity index (χ0n) is 10.5. The molecule has 5 nitrogen and oxygen atoms in total. The summed E-state index contributed by atoms with van der Waals surface area (Å²) >= 11 is 0. The molecule has 0 spiro atoms. The van der Waals surface area contributed by atoms with E-state index >= 15 is 0 Å². The molecule has 1 aliphatic heterocycles. The van der Waals surface area contributed by atoms with Gasteiger partial charge in [-0.2, -0.15) is 0 Å². The van der Waals surface area contributed by atoms with Crippen LogP contribution < -0.4 is 0 Å². The third-order valence-corrected chi connectivity index (χ3v) is 3.04. The number of hydrogen-bond acceptors (Lipinski definition) is 3. The van der Waals surface area contributed by atoms with Crippen molar-refractivity contribution in [3.63, 3.8) is 0 Å². The Bertz CT molecular complexity index is 272. The summed E-state index contributed by atoms with van der Waals surface area (Å²) in [7, 11) is 0. The summed E-state index contributed by atoms with van der Waals surface area (Å²) in [4.78, 5) is 24.0. The van der Waals surface area contributed by atoms with Gasteiger partial charge in [-0.15, -0.1) is 0 Å². The van der Waals surface area contributed by atoms with Crippen LogP contribution in [0.2, 0.25) is 0 Å². The summed E-state index contributed by atoms with van der Waals surface area (Å²) in [5.74, 6) is -0.580. The maximum absolute atomic E-state index is 11.9. The van der Waals surface area contributed by atoms with Crippen molar-refractivity contribution in [2.45, 2.75) is 39.2 Å². The van der Waals surface area contributed by atoms with Crippen molar-refractivity contribution in [2.24, 2.45) is 5.92 Å². The van der Waals surface area contributed by atoms with Gasteiger partial charge in [0.2, 0.25) is 5.91 Å². The Morgan fingerprint density at radius 1 is 1.47 bits per heavy atom. The van der Waals surface area contributed by atoms with Gasteiger partial charge >= 0.3 is 5.97 Å². The Morgan fingerprint density at radius 3 is 2.65 bits per heavy atom. The van der Waals surface area contributed by atoms with E-state index in [0.717, 1.165) is 26.1 Å². The lowest BCUT2D eigenvalue weighted by atomic mass is 10.0. The summed E-state index contributed by atoms with van der Waals surface area (Å²) in [6.07, 6.45) is 2.22. The van der Waals surface area contributed by atoms with Crippen LogP contribution in [0, 0.1) is 5.92 Å². The van der Waals surface area contributed by atoms with Gasteiger partial charge in [0.1, 0.15) is 6.54 Å². The van der Waals surface area contributed by atoms with Crippen molar-refractivity contribution in [3.05, 3.63) is 0 Å². The van der Waals surface area contributed by atoms with Crippen LogP contribution in [-0.2, 0) is 14.3 Å². The number of amides is 1. The second-order valence-corrected chi connectivity index (χ2v) is 4.78. The molecule has 1 atom stereocenters. The monoisotopic (exact) mass is 243 g/mol. The van der Waals surface area contributed by atoms with Crippen LogP contribution in [0.1, 0.15) is 33.1 Å². The molecular formula is C12H21NO4. The predicted octanol–water partition coefficient (Wildman–Crippen LogP) is 1.12. The predicted molar refractivity (Wildman–Crippen MR) is 62.6 cm³/mol. The zero-order chi connectivity index (χ0) is 12.8. The van der Waals surface area contributed by atoms with E-state index in [1.54, 1.807) is 0 Å². The molecule has 5 heteroatoms. The molecule has 0 radical (unpaired) electrons. The molecule has 0 bridgehead atoms. The van der Waals surface area contributed by atoms with Crippen molar-refractivity contribution < 1.29 is 19.4 Å². The Hall–Kier alpha value is -1.10. The molecule has 0 aliphatic carbocycles. The van der Waals surface area contributed by atoms with Crippen LogP contribution in [0.25, 0.3) is 0 Å². The average Bonchev–Trinajstić information content (AvgIpc) is 2.74. The Morgan fingerprint density at radius 2 is 2.18 bits per heavy atom. The third kappa shape index (κ3) is 4.73. The highest BCUT2D eigenvalue weighted by Gasteiger charge is 2.22. The highest BCUT2D eigenvalue weighted by molar-refractivity contribution is 5.81. The van der Waals surface area contributed by atoms with E-state index in [2.05, 4.69) is 0 Å². The van der Waals surface area contributed by atoms with E-state index in [9.17, 15) is 9.59 Å². The fourth-order valence-corrected chi connectivity index (χ4v) is 1.99. The molecule has 1 heterocycles. The number of carboxylic acid groups (broad SMARTS) is 1. The minimum Gasteiger partial charge on any atom is -0.480 e. The molecule has 17 heavy (non-hydrogen) atoms. The van der Waals surface area contributed by atoms with E-state index in [1.165, 1.54) is 4.90 Å². The number of ether oxygens (including phenoxy) is 1. The van der Waals surface area contributed by atoms with Gasteiger partial charge < -0.3 is 14.7 Å². The number of nitrogens with zero attached hydrogens (tertiary/aromatic N) is 1. The lowest BCUT2D eigenvalue weighted by Gasteiger charge is -2.25. The lowest BCUT2D eigenvalue weighted by Crippen LogP contribution is -2.40. The summed E-state index contributed by atoms with van der Waals surface area (Å²) in [6.45, 7) is 4.96. The molecule has 1 amide bonds. The summed E-state index contributed by atoms with van der Waals surface area (Å²) < 4.78 is 5.24. The van der Waals surface area contributed by atoms with E-state index in [-0.39, 0.29) is 18.5 Å². The first kappa shape index (κ1) is 14.0. The van der Waals surface area contributed by atoms with Crippen molar-refractivity contribution in [1.29, 1.82) is 0 Å². The smallest absolute Gasteiger partial charge is 0.323 e. The molecule has 98 valence electrons. The van der Waals surface area contributed by atoms with Crippen LogP contribution in [0.15, 0.2) is 0 Å². The van der Waals surface area contributed by atoms with E-state index in [4.69, 9.17) is 9.84 Å². The Balaban J connectivity index is 2.38. The normalized spacial score (nSPS) is 19.6. The summed E-state index contributed by atoms with van der Waals surface area (Å²) in [5.41, 5.74) is 0. The molecule has 1 aliphatic rings. The summed E-state index contributed by atoms with van der Waals surface area (Å²) in [5, 5.41) is 8.75. The van der Waals surface area contributed by atoms with Crippen LogP contribution >= 0.6 is 0 Å². The molecule has 0 aromatic carbocycles. The zero-order valence-corrected chi connectivity index (χ0v) is 10.5. The van der Waals surface area contributed by atoms with Crippen molar-refractivity contribution in [1.82, 2.24) is 4.90 Å². The largest absolute Gasteiger partial charge is 0.480 e. The first-order valence-electron chi connectivity index (χ1n) is 6.09. The van der Waals surface area contributed by atoms with Crippen molar-refractivity contribution >= 4 is 11.9 Å². The number of hydrogen-bond donors (Lipinski definition) is 1. The highest BCUT2D eigenvalue weighted by Crippen LogP contribution is 2.18. The fourth-order valence-electron chi connectivity index (χ4n) is 1.99. The van der Waals surface area contributed by atoms with Crippen LogP contribution in [0.5, 0.6) is 0 Å². The fraction of sp³-hybridized carbons (Fsp3) is 0.833. The first-order chi connectivity index (χ1) is 8.00. The van der Waals surface area contributed by atoms with Crippen LogP contribution in [-0.4, -0.2) is 47.7 Å². The van der Waals surface area contributed by atoms with Gasteiger partial charge in [-0.05, 0) is 32.6 Å². The molecule has 0 aromatic heterocycles. The molecule has 1 rings (SSSR count). The highest BCUT2D eigenvalue weighted by atomic mass is 16.5. The Labute approximate surface area is 102 Å². The number of carbonyl (C=O) groups is 2. The Kier molecular flexibility index (Phi) is 5.41. The third-order valence-electron chi connectivity index (χ3n) is 3.04. The molecule has 1 saturated heterocycles. The van der Waals surface area contributed by atoms with Gasteiger partial charge in [-0.25, -0.2) is 0 Å². The molecule has 1 unspecified atom stereocenters. The quantitative estimate of drug-likeness (QED) is 0.759. The van der Waals surface area contributed by atoms with Gasteiger partial charge in [0.05, 0.1) is 0 Å². The van der Waals surface area contributed by atoms with E-state index < -0.39 is 5.97 Å². The molecule has 1 N–H and O–H groups in total. The average molecular weight is 243 g/mol. The topological polar surface area (TPSA) is 66.8 Å². The SMILES string of the molecule is CC(C)N(CC(=O)O)C(=O)CCC1CCOC1. The maximum Gasteiger partial charge on any atom is 0.323 e. The number of carboxylic acids is 1. The standard InChI is InChI=1S/C12H21NO4/c1-9(2)13(7-12(15)16)11(14)4-3-10-5-6-17-8-10/h9-10H,3-8H2,1-2H3,(H,15,16). The van der Waals surface area contributed by atoms with Crippen molar-refractivity contribution in [3.8, 4) is 0 Å². The number of aliphatic carboxylic acids is 1.